The molecule has 1 heterocycles. The molecule has 2 rings (SSSR count). The smallest absolute Gasteiger partial charge is 0.217 e. The molecule has 0 radical (unpaired) electrons. The molecule has 1 fully saturated rings. The first-order valence-electron chi connectivity index (χ1n) is 6.08. The highest BCUT2D eigenvalue weighted by Gasteiger charge is 2.14. The first kappa shape index (κ1) is 11.4. The maximum Gasteiger partial charge on any atom is 0.217 e. The van der Waals surface area contributed by atoms with Gasteiger partial charge in [0.15, 0.2) is 0 Å². The maximum absolute atomic E-state index is 5.22. The van der Waals surface area contributed by atoms with E-state index in [1.54, 1.807) is 13.3 Å². The molecule has 1 aromatic rings. The third kappa shape index (κ3) is 2.95. The lowest BCUT2D eigenvalue weighted by molar-refractivity contribution is 0.388. The van der Waals surface area contributed by atoms with E-state index in [0.29, 0.717) is 0 Å². The molecule has 3 nitrogen and oxygen atoms in total. The Hall–Kier alpha value is -1.09. The molecule has 0 saturated heterocycles. The minimum Gasteiger partial charge on any atom is -0.481 e. The quantitative estimate of drug-likeness (QED) is 0.827. The van der Waals surface area contributed by atoms with E-state index in [2.05, 4.69) is 16.4 Å². The Labute approximate surface area is 97.2 Å². The highest BCUT2D eigenvalue weighted by atomic mass is 16.5. The highest BCUT2D eigenvalue weighted by Crippen LogP contribution is 2.24. The second kappa shape index (κ2) is 5.85. The van der Waals surface area contributed by atoms with E-state index in [1.165, 1.54) is 25.7 Å². The van der Waals surface area contributed by atoms with Crippen LogP contribution in [0.5, 0.6) is 5.88 Å². The summed E-state index contributed by atoms with van der Waals surface area (Å²) in [6, 6.07) is 4.02. The molecule has 3 heteroatoms. The SMILES string of the molecule is COc1ncccc1CNCC1CCCC1. The van der Waals surface area contributed by atoms with Gasteiger partial charge in [-0.3, -0.25) is 0 Å². The van der Waals surface area contributed by atoms with Crippen molar-refractivity contribution in [3.05, 3.63) is 23.9 Å². The molecule has 0 amide bonds. The van der Waals surface area contributed by atoms with Crippen LogP contribution in [0.3, 0.4) is 0 Å². The van der Waals surface area contributed by atoms with Gasteiger partial charge < -0.3 is 10.1 Å². The van der Waals surface area contributed by atoms with Crippen LogP contribution >= 0.6 is 0 Å². The predicted molar refractivity (Wildman–Crippen MR) is 64.5 cm³/mol. The van der Waals surface area contributed by atoms with E-state index in [-0.39, 0.29) is 0 Å². The lowest BCUT2D eigenvalue weighted by Gasteiger charge is -2.11. The molecule has 0 bridgehead atoms. The molecule has 1 N–H and O–H groups in total. The van der Waals surface area contributed by atoms with Crippen molar-refractivity contribution in [2.75, 3.05) is 13.7 Å². The van der Waals surface area contributed by atoms with Crippen molar-refractivity contribution in [3.8, 4) is 5.88 Å². The van der Waals surface area contributed by atoms with Crippen molar-refractivity contribution in [1.82, 2.24) is 10.3 Å². The lowest BCUT2D eigenvalue weighted by atomic mass is 10.1. The normalized spacial score (nSPS) is 16.6. The third-order valence-corrected chi connectivity index (χ3v) is 3.27. The van der Waals surface area contributed by atoms with Crippen molar-refractivity contribution < 1.29 is 4.74 Å². The summed E-state index contributed by atoms with van der Waals surface area (Å²) in [5.41, 5.74) is 1.14. The second-order valence-electron chi connectivity index (χ2n) is 4.45. The Morgan fingerprint density at radius 3 is 3.00 bits per heavy atom. The standard InChI is InChI=1S/C13H20N2O/c1-16-13-12(7-4-8-15-13)10-14-9-11-5-2-3-6-11/h4,7-8,11,14H,2-3,5-6,9-10H2,1H3. The first-order valence-corrected chi connectivity index (χ1v) is 6.08. The van der Waals surface area contributed by atoms with Crippen LogP contribution in [0.2, 0.25) is 0 Å². The van der Waals surface area contributed by atoms with Gasteiger partial charge in [-0.15, -0.1) is 0 Å². The van der Waals surface area contributed by atoms with Gasteiger partial charge in [0, 0.05) is 18.3 Å². The van der Waals surface area contributed by atoms with E-state index in [9.17, 15) is 0 Å². The molecule has 0 atom stereocenters. The Morgan fingerprint density at radius 2 is 2.25 bits per heavy atom. The van der Waals surface area contributed by atoms with Gasteiger partial charge in [0.1, 0.15) is 0 Å². The number of rotatable bonds is 5. The monoisotopic (exact) mass is 220 g/mol. The van der Waals surface area contributed by atoms with E-state index >= 15 is 0 Å². The predicted octanol–water partition coefficient (Wildman–Crippen LogP) is 2.37. The van der Waals surface area contributed by atoms with Crippen molar-refractivity contribution in [2.45, 2.75) is 32.2 Å². The van der Waals surface area contributed by atoms with E-state index in [4.69, 9.17) is 4.74 Å². The Balaban J connectivity index is 1.79. The van der Waals surface area contributed by atoms with Crippen LogP contribution in [0.4, 0.5) is 0 Å². The minimum atomic E-state index is 0.737. The zero-order valence-corrected chi connectivity index (χ0v) is 9.91. The number of methoxy groups -OCH3 is 1. The fraction of sp³-hybridized carbons (Fsp3) is 0.615. The van der Waals surface area contributed by atoms with Crippen LogP contribution in [0.1, 0.15) is 31.2 Å². The van der Waals surface area contributed by atoms with Gasteiger partial charge in [-0.05, 0) is 31.4 Å². The van der Waals surface area contributed by atoms with Gasteiger partial charge >= 0.3 is 0 Å². The molecule has 88 valence electrons. The molecule has 0 unspecified atom stereocenters. The van der Waals surface area contributed by atoms with E-state index in [1.807, 2.05) is 6.07 Å². The van der Waals surface area contributed by atoms with Crippen LogP contribution in [-0.4, -0.2) is 18.6 Å². The minimum absolute atomic E-state index is 0.737. The highest BCUT2D eigenvalue weighted by molar-refractivity contribution is 5.24. The Bertz CT molecular complexity index is 321. The van der Waals surface area contributed by atoms with Gasteiger partial charge in [0.25, 0.3) is 0 Å². The van der Waals surface area contributed by atoms with E-state index < -0.39 is 0 Å². The fourth-order valence-corrected chi connectivity index (χ4v) is 2.37. The van der Waals surface area contributed by atoms with Crippen LogP contribution in [0, 0.1) is 5.92 Å². The Morgan fingerprint density at radius 1 is 1.44 bits per heavy atom. The van der Waals surface area contributed by atoms with Crippen LogP contribution < -0.4 is 10.1 Å². The van der Waals surface area contributed by atoms with Crippen molar-refractivity contribution in [3.63, 3.8) is 0 Å². The lowest BCUT2D eigenvalue weighted by Crippen LogP contribution is -2.21. The zero-order chi connectivity index (χ0) is 11.2. The van der Waals surface area contributed by atoms with Gasteiger partial charge in [-0.1, -0.05) is 18.9 Å². The number of hydrogen-bond donors (Lipinski definition) is 1. The number of ether oxygens (including phenoxy) is 1. The second-order valence-corrected chi connectivity index (χ2v) is 4.45. The van der Waals surface area contributed by atoms with Gasteiger partial charge in [0.2, 0.25) is 5.88 Å². The fourth-order valence-electron chi connectivity index (χ4n) is 2.37. The number of nitrogens with zero attached hydrogens (tertiary/aromatic N) is 1. The summed E-state index contributed by atoms with van der Waals surface area (Å²) in [5, 5.41) is 3.50. The number of nitrogens with one attached hydrogen (secondary N) is 1. The molecular weight excluding hydrogens is 200 g/mol. The average Bonchev–Trinajstić information content (AvgIpc) is 2.83. The summed E-state index contributed by atoms with van der Waals surface area (Å²) in [6.07, 6.45) is 7.35. The maximum atomic E-state index is 5.22. The largest absolute Gasteiger partial charge is 0.481 e. The summed E-state index contributed by atoms with van der Waals surface area (Å²) in [7, 11) is 1.67. The Kier molecular flexibility index (Phi) is 4.17. The third-order valence-electron chi connectivity index (χ3n) is 3.27. The first-order chi connectivity index (χ1) is 7.90. The van der Waals surface area contributed by atoms with Crippen molar-refractivity contribution in [1.29, 1.82) is 0 Å². The van der Waals surface area contributed by atoms with Gasteiger partial charge in [-0.25, -0.2) is 4.98 Å². The molecule has 0 aromatic carbocycles. The molecule has 0 aliphatic heterocycles. The summed E-state index contributed by atoms with van der Waals surface area (Å²) >= 11 is 0. The molecule has 1 aromatic heterocycles. The summed E-state index contributed by atoms with van der Waals surface area (Å²) in [6.45, 7) is 1.98. The van der Waals surface area contributed by atoms with Gasteiger partial charge in [-0.2, -0.15) is 0 Å². The number of aromatic nitrogens is 1. The van der Waals surface area contributed by atoms with Crippen molar-refractivity contribution >= 4 is 0 Å². The van der Waals surface area contributed by atoms with Crippen molar-refractivity contribution in [2.24, 2.45) is 5.92 Å². The van der Waals surface area contributed by atoms with Crippen LogP contribution in [-0.2, 0) is 6.54 Å². The summed E-state index contributed by atoms with van der Waals surface area (Å²) in [5.74, 6) is 1.61. The molecule has 1 aliphatic carbocycles. The summed E-state index contributed by atoms with van der Waals surface area (Å²) < 4.78 is 5.22. The van der Waals surface area contributed by atoms with Gasteiger partial charge in [0.05, 0.1) is 7.11 Å². The average molecular weight is 220 g/mol. The number of hydrogen-bond acceptors (Lipinski definition) is 3. The number of pyridine rings is 1. The summed E-state index contributed by atoms with van der Waals surface area (Å²) in [4.78, 5) is 4.19. The van der Waals surface area contributed by atoms with E-state index in [0.717, 1.165) is 30.5 Å². The van der Waals surface area contributed by atoms with Crippen LogP contribution in [0.15, 0.2) is 18.3 Å². The topological polar surface area (TPSA) is 34.1 Å². The molecular formula is C13H20N2O. The molecule has 1 aliphatic rings. The zero-order valence-electron chi connectivity index (χ0n) is 9.91. The molecule has 16 heavy (non-hydrogen) atoms. The van der Waals surface area contributed by atoms with Crippen LogP contribution in [0.25, 0.3) is 0 Å². The molecule has 1 saturated carbocycles. The molecule has 0 spiro atoms.